The van der Waals surface area contributed by atoms with Crippen molar-refractivity contribution in [1.29, 1.82) is 0 Å². The zero-order valence-electron chi connectivity index (χ0n) is 38.5. The van der Waals surface area contributed by atoms with E-state index in [1.54, 1.807) is 12.1 Å². The van der Waals surface area contributed by atoms with Crippen molar-refractivity contribution >= 4 is 90.7 Å². The summed E-state index contributed by atoms with van der Waals surface area (Å²) < 4.78 is 71.8. The molecule has 0 aliphatic heterocycles. The predicted octanol–water partition coefficient (Wildman–Crippen LogP) is 14.7. The Morgan fingerprint density at radius 2 is 0.607 bits per heavy atom. The summed E-state index contributed by atoms with van der Waals surface area (Å²) in [5.41, 5.74) is 4.33. The van der Waals surface area contributed by atoms with E-state index in [0.717, 1.165) is 97.2 Å². The molecule has 61 heavy (non-hydrogen) atoms. The largest absolute Gasteiger partial charge is 2.00 e. The van der Waals surface area contributed by atoms with E-state index >= 15 is 0 Å². The topological polar surface area (TPSA) is 114 Å². The number of rotatable bonds is 30. The van der Waals surface area contributed by atoms with Crippen LogP contribution in [0.4, 0.5) is 0 Å². The summed E-state index contributed by atoms with van der Waals surface area (Å²) >= 11 is 0. The maximum absolute atomic E-state index is 12.0. The van der Waals surface area contributed by atoms with Gasteiger partial charge in [-0.3, -0.25) is 0 Å². The molecule has 4 rings (SSSR count). The van der Waals surface area contributed by atoms with E-state index in [1.165, 1.54) is 116 Å². The maximum Gasteiger partial charge on any atom is 2.00 e. The number of hydrogen-bond acceptors (Lipinski definition) is 6. The van der Waals surface area contributed by atoms with Crippen LogP contribution in [0.5, 0.6) is 0 Å². The summed E-state index contributed by atoms with van der Waals surface area (Å²) in [4.78, 5) is -0.100. The third kappa shape index (κ3) is 20.2. The average molecular weight is 1000 g/mol. The van der Waals surface area contributed by atoms with Crippen molar-refractivity contribution in [2.45, 2.75) is 217 Å². The fourth-order valence-electron chi connectivity index (χ4n) is 8.67. The van der Waals surface area contributed by atoms with Gasteiger partial charge in [-0.05, 0) is 96.5 Å². The van der Waals surface area contributed by atoms with Crippen LogP contribution in [0.1, 0.15) is 204 Å². The molecule has 0 amide bonds. The van der Waals surface area contributed by atoms with E-state index in [2.05, 4.69) is 27.7 Å². The van der Waals surface area contributed by atoms with E-state index in [1.807, 2.05) is 48.5 Å². The zero-order valence-corrected chi connectivity index (χ0v) is 44.6. The van der Waals surface area contributed by atoms with Gasteiger partial charge in [0.15, 0.2) is 0 Å². The molecule has 0 saturated heterocycles. The van der Waals surface area contributed by atoms with Crippen molar-refractivity contribution in [1.82, 2.24) is 0 Å². The van der Waals surface area contributed by atoms with Crippen LogP contribution in [0.15, 0.2) is 70.5 Å². The van der Waals surface area contributed by atoms with Crippen molar-refractivity contribution in [2.75, 3.05) is 0 Å². The number of benzene rings is 4. The van der Waals surface area contributed by atoms with E-state index in [0.29, 0.717) is 10.8 Å². The number of fused-ring (bicyclic) bond motifs is 2. The second-order valence-corrected chi connectivity index (χ2v) is 19.8. The van der Waals surface area contributed by atoms with Crippen LogP contribution in [-0.4, -0.2) is 74.8 Å². The standard InChI is InChI=1S/2C26H40O3S.Ba/c2*1-3-5-7-9-11-13-16-22-20-21-25(30(27,28)29)26-23(18-15-19-24(22)26)17-14-12-10-8-6-4-2;/h2*15,18-21H,3-14,16-17H2,1-2H3,(H,27,28,29);/q;;+2/p-2. The fourth-order valence-corrected chi connectivity index (χ4v) is 10.1. The van der Waals surface area contributed by atoms with Crippen molar-refractivity contribution in [3.63, 3.8) is 0 Å². The van der Waals surface area contributed by atoms with Gasteiger partial charge in [-0.15, -0.1) is 0 Å². The van der Waals surface area contributed by atoms with Crippen LogP contribution in [-0.2, 0) is 45.9 Å². The van der Waals surface area contributed by atoms with Gasteiger partial charge in [0.05, 0.1) is 9.79 Å². The molecule has 0 spiro atoms. The molecule has 336 valence electrons. The SMILES string of the molecule is CCCCCCCCc1ccc(S(=O)(=O)[O-])c2c(CCCCCCCC)cccc12.CCCCCCCCc1ccc(S(=O)(=O)[O-])c2c(CCCCCCCC)cccc12.[Ba+2]. The van der Waals surface area contributed by atoms with Crippen molar-refractivity contribution in [3.05, 3.63) is 82.9 Å². The Morgan fingerprint density at radius 1 is 0.344 bits per heavy atom. The molecule has 4 aromatic carbocycles. The molecule has 0 saturated carbocycles. The maximum atomic E-state index is 12.0. The Kier molecular flexibility index (Phi) is 29.0. The summed E-state index contributed by atoms with van der Waals surface area (Å²) in [6, 6.07) is 18.8. The molecule has 0 atom stereocenters. The van der Waals surface area contributed by atoms with E-state index in [9.17, 15) is 25.9 Å². The van der Waals surface area contributed by atoms with Crippen LogP contribution >= 0.6 is 0 Å². The molecule has 0 aromatic heterocycles. The molecule has 0 heterocycles. The molecule has 6 nitrogen and oxygen atoms in total. The third-order valence-corrected chi connectivity index (χ3v) is 13.9. The summed E-state index contributed by atoms with van der Waals surface area (Å²) in [6.45, 7) is 8.87. The van der Waals surface area contributed by atoms with Gasteiger partial charge in [0.1, 0.15) is 20.2 Å². The number of unbranched alkanes of at least 4 members (excludes halogenated alkanes) is 20. The Balaban J connectivity index is 0.000000413. The van der Waals surface area contributed by atoms with Crippen LogP contribution < -0.4 is 0 Å². The molecular formula is C52H78BaO6S2. The van der Waals surface area contributed by atoms with Gasteiger partial charge in [0.25, 0.3) is 0 Å². The Hall–Kier alpha value is -1.21. The quantitative estimate of drug-likeness (QED) is 0.0292. The molecule has 0 aliphatic rings. The summed E-state index contributed by atoms with van der Waals surface area (Å²) in [5, 5.41) is 3.24. The Bertz CT molecular complexity index is 1900. The van der Waals surface area contributed by atoms with Crippen LogP contribution in [0.25, 0.3) is 21.5 Å². The normalized spacial score (nSPS) is 11.8. The van der Waals surface area contributed by atoms with Crippen LogP contribution in [0.2, 0.25) is 0 Å². The van der Waals surface area contributed by atoms with Crippen LogP contribution in [0, 0.1) is 0 Å². The second kappa shape index (κ2) is 31.6. The van der Waals surface area contributed by atoms with Crippen molar-refractivity contribution in [3.8, 4) is 0 Å². The van der Waals surface area contributed by atoms with Gasteiger partial charge >= 0.3 is 48.9 Å². The van der Waals surface area contributed by atoms with E-state index in [4.69, 9.17) is 0 Å². The Morgan fingerprint density at radius 3 is 0.885 bits per heavy atom. The number of aryl methyl sites for hydroxylation is 4. The van der Waals surface area contributed by atoms with Crippen LogP contribution in [0.3, 0.4) is 0 Å². The Labute approximate surface area is 412 Å². The van der Waals surface area contributed by atoms with Gasteiger partial charge < -0.3 is 9.11 Å². The molecule has 0 bridgehead atoms. The smallest absolute Gasteiger partial charge is 0.744 e. The molecule has 0 N–H and O–H groups in total. The van der Waals surface area contributed by atoms with E-state index in [-0.39, 0.29) is 58.7 Å². The molecule has 0 aliphatic carbocycles. The summed E-state index contributed by atoms with van der Waals surface area (Å²) in [6.07, 6.45) is 32.6. The third-order valence-electron chi connectivity index (χ3n) is 12.1. The average Bonchev–Trinajstić information content (AvgIpc) is 3.22. The fraction of sp³-hybridized carbons (Fsp3) is 0.615. The van der Waals surface area contributed by atoms with Crippen molar-refractivity contribution in [2.24, 2.45) is 0 Å². The van der Waals surface area contributed by atoms with Gasteiger partial charge in [0.2, 0.25) is 0 Å². The first-order valence-electron chi connectivity index (χ1n) is 24.0. The number of hydrogen-bond donors (Lipinski definition) is 0. The second-order valence-electron chi connectivity index (χ2n) is 17.1. The van der Waals surface area contributed by atoms with E-state index < -0.39 is 20.2 Å². The minimum atomic E-state index is -4.50. The molecule has 9 heteroatoms. The molecule has 0 radical (unpaired) electrons. The van der Waals surface area contributed by atoms with Gasteiger partial charge in [0, 0.05) is 10.8 Å². The first kappa shape index (κ1) is 55.9. The summed E-state index contributed by atoms with van der Waals surface area (Å²) in [7, 11) is -8.99. The molecule has 4 aromatic rings. The van der Waals surface area contributed by atoms with Gasteiger partial charge in [-0.2, -0.15) is 0 Å². The minimum absolute atomic E-state index is 0. The minimum Gasteiger partial charge on any atom is -0.744 e. The molecule has 0 fully saturated rings. The predicted molar refractivity (Wildman–Crippen MR) is 258 cm³/mol. The van der Waals surface area contributed by atoms with Gasteiger partial charge in [-0.25, -0.2) is 16.8 Å². The molecular weight excluding hydrogens is 922 g/mol. The molecule has 0 unspecified atom stereocenters. The zero-order chi connectivity index (χ0) is 43.6. The monoisotopic (exact) mass is 1000 g/mol. The van der Waals surface area contributed by atoms with Gasteiger partial charge in [-0.1, -0.05) is 205 Å². The first-order chi connectivity index (χ1) is 29.0. The van der Waals surface area contributed by atoms with Crippen molar-refractivity contribution < 1.29 is 25.9 Å². The summed E-state index contributed by atoms with van der Waals surface area (Å²) in [5.74, 6) is 0. The first-order valence-corrected chi connectivity index (χ1v) is 26.8.